The minimum atomic E-state index is -1.42. The van der Waals surface area contributed by atoms with Gasteiger partial charge in [0.25, 0.3) is 0 Å². The van der Waals surface area contributed by atoms with Gasteiger partial charge in [0, 0.05) is 14.7 Å². The number of carboxylic acids is 1. The highest BCUT2D eigenvalue weighted by atomic mass is 16.4. The number of amides is 2. The van der Waals surface area contributed by atoms with Crippen LogP contribution in [0, 0.1) is 0 Å². The van der Waals surface area contributed by atoms with Gasteiger partial charge >= 0.3 is 5.97 Å². The summed E-state index contributed by atoms with van der Waals surface area (Å²) in [6, 6.07) is 0. The number of aliphatic carboxylic acids is 1. The van der Waals surface area contributed by atoms with E-state index in [1.807, 2.05) is 5.32 Å². The maximum absolute atomic E-state index is 10.7. The van der Waals surface area contributed by atoms with E-state index in [0.717, 1.165) is 6.92 Å². The third kappa shape index (κ3) is 6.50. The van der Waals surface area contributed by atoms with Crippen molar-refractivity contribution in [1.29, 1.82) is 0 Å². The normalized spacial score (nSPS) is 13.0. The zero-order chi connectivity index (χ0) is 9.72. The Labute approximate surface area is 64.8 Å². The van der Waals surface area contributed by atoms with Gasteiger partial charge < -0.3 is 5.11 Å². The number of carbonyl (C=O) groups excluding carboxylic acids is 2. The molecular formula is C6H9NO4. The first-order valence-corrected chi connectivity index (χ1v) is 2.89. The summed E-state index contributed by atoms with van der Waals surface area (Å²) in [5.74, 6) is -2.72. The predicted octanol–water partition coefficient (Wildman–Crippen LogP) is -0.486. The molecule has 0 aliphatic rings. The fourth-order valence-corrected chi connectivity index (χ4v) is 0.405. The molecule has 62 valence electrons. The number of carbonyl (C=O) groups is 3. The van der Waals surface area contributed by atoms with Crippen LogP contribution in [0.1, 0.15) is 21.1 Å². The molecule has 0 rings (SSSR count). The van der Waals surface area contributed by atoms with Gasteiger partial charge in [-0.3, -0.25) is 19.7 Å². The van der Waals surface area contributed by atoms with E-state index in [1.165, 1.54) is 0 Å². The lowest BCUT2D eigenvalue weighted by Crippen LogP contribution is -2.28. The Morgan fingerprint density at radius 2 is 2.09 bits per heavy atom. The van der Waals surface area contributed by atoms with Gasteiger partial charge in [-0.1, -0.05) is 0 Å². The van der Waals surface area contributed by atoms with Gasteiger partial charge in [0.1, 0.15) is 0 Å². The monoisotopic (exact) mass is 160 g/mol. The van der Waals surface area contributed by atoms with E-state index in [0.29, 0.717) is 0 Å². The zero-order valence-corrected chi connectivity index (χ0v) is 5.96. The minimum Gasteiger partial charge on any atom is -0.481 e. The number of hydrogen-bond donors (Lipinski definition) is 2. The first kappa shape index (κ1) is 7.71. The number of nitrogens with one attached hydrogen (secondary N) is 1. The summed E-state index contributed by atoms with van der Waals surface area (Å²) < 4.78 is 6.96. The van der Waals surface area contributed by atoms with Crippen molar-refractivity contribution in [1.82, 2.24) is 5.32 Å². The number of rotatable bonds is 3. The largest absolute Gasteiger partial charge is 0.481 e. The molecule has 1 atom stereocenters. The number of carboxylic acid groups (broad SMARTS) is 1. The van der Waals surface area contributed by atoms with Crippen molar-refractivity contribution in [2.75, 3.05) is 0 Å². The molecule has 5 nitrogen and oxygen atoms in total. The molecule has 0 aliphatic carbocycles. The summed E-state index contributed by atoms with van der Waals surface area (Å²) in [5, 5.41) is 10.0. The molecule has 0 aromatic heterocycles. The highest BCUT2D eigenvalue weighted by Gasteiger charge is 2.05. The van der Waals surface area contributed by atoms with E-state index in [9.17, 15) is 14.4 Å². The predicted molar refractivity (Wildman–Crippen MR) is 35.7 cm³/mol. The highest BCUT2D eigenvalue weighted by molar-refractivity contribution is 5.94. The van der Waals surface area contributed by atoms with Crippen LogP contribution in [0.3, 0.4) is 0 Å². The topological polar surface area (TPSA) is 83.5 Å². The molecule has 0 saturated carbocycles. The molecule has 0 aliphatic heterocycles. The molecule has 5 heteroatoms. The molecule has 11 heavy (non-hydrogen) atoms. The standard InChI is InChI=1S/C6H9NO4/c1-4(8)7-5(9)2-3-6(10)11/h2-3H2,1H3,(H,10,11)(H,7,8,9)/i2D. The Morgan fingerprint density at radius 3 is 2.45 bits per heavy atom. The number of hydrogen-bond acceptors (Lipinski definition) is 3. The Morgan fingerprint density at radius 1 is 1.55 bits per heavy atom. The lowest BCUT2D eigenvalue weighted by atomic mass is 10.3. The maximum atomic E-state index is 10.7. The third-order valence-corrected chi connectivity index (χ3v) is 0.761. The Balaban J connectivity index is 3.93. The van der Waals surface area contributed by atoms with E-state index in [-0.39, 0.29) is 0 Å². The van der Waals surface area contributed by atoms with E-state index >= 15 is 0 Å². The van der Waals surface area contributed by atoms with Crippen molar-refractivity contribution in [3.05, 3.63) is 0 Å². The maximum Gasteiger partial charge on any atom is 0.303 e. The van der Waals surface area contributed by atoms with Gasteiger partial charge in [0.05, 0.1) is 6.42 Å². The van der Waals surface area contributed by atoms with E-state index in [4.69, 9.17) is 6.48 Å². The zero-order valence-electron chi connectivity index (χ0n) is 6.96. The summed E-state index contributed by atoms with van der Waals surface area (Å²) in [5.41, 5.74) is 0. The second kappa shape index (κ2) is 4.43. The third-order valence-electron chi connectivity index (χ3n) is 0.761. The quantitative estimate of drug-likeness (QED) is 0.583. The minimum absolute atomic E-state index is 0.595. The lowest BCUT2D eigenvalue weighted by Gasteiger charge is -1.96. The molecule has 2 N–H and O–H groups in total. The van der Waals surface area contributed by atoms with Gasteiger partial charge in [-0.15, -0.1) is 0 Å². The second-order valence-electron chi connectivity index (χ2n) is 1.85. The van der Waals surface area contributed by atoms with Crippen molar-refractivity contribution >= 4 is 17.8 Å². The van der Waals surface area contributed by atoms with Crippen LogP contribution in [-0.4, -0.2) is 22.9 Å². The van der Waals surface area contributed by atoms with Gasteiger partial charge in [-0.25, -0.2) is 0 Å². The van der Waals surface area contributed by atoms with Gasteiger partial charge in [-0.05, 0) is 0 Å². The SMILES string of the molecule is [2H]C(CC(=O)O)C(=O)NC(C)=O. The molecule has 2 amide bonds. The van der Waals surface area contributed by atoms with E-state index < -0.39 is 30.6 Å². The first-order valence-electron chi connectivity index (χ1n) is 3.46. The van der Waals surface area contributed by atoms with Gasteiger partial charge in [0.15, 0.2) is 0 Å². The van der Waals surface area contributed by atoms with Crippen LogP contribution in [0.25, 0.3) is 0 Å². The van der Waals surface area contributed by atoms with E-state index in [2.05, 4.69) is 0 Å². The van der Waals surface area contributed by atoms with Crippen molar-refractivity contribution in [2.45, 2.75) is 19.7 Å². The van der Waals surface area contributed by atoms with Gasteiger partial charge in [-0.2, -0.15) is 0 Å². The van der Waals surface area contributed by atoms with Crippen LogP contribution in [0.4, 0.5) is 0 Å². The molecule has 1 unspecified atom stereocenters. The summed E-state index contributed by atoms with van der Waals surface area (Å²) in [7, 11) is 0. The molecule has 0 bridgehead atoms. The number of imide groups is 1. The Kier molecular flexibility index (Phi) is 3.11. The van der Waals surface area contributed by atoms with Crippen molar-refractivity contribution in [3.8, 4) is 0 Å². The summed E-state index contributed by atoms with van der Waals surface area (Å²) in [6.45, 7) is 1.12. The molecule has 0 fully saturated rings. The lowest BCUT2D eigenvalue weighted by molar-refractivity contribution is -0.139. The van der Waals surface area contributed by atoms with Crippen LogP contribution < -0.4 is 5.32 Å². The van der Waals surface area contributed by atoms with Crippen LogP contribution in [0.5, 0.6) is 0 Å². The average Bonchev–Trinajstić information content (AvgIpc) is 1.84. The highest BCUT2D eigenvalue weighted by Crippen LogP contribution is 1.87. The molecule has 0 aromatic carbocycles. The second-order valence-corrected chi connectivity index (χ2v) is 1.85. The Hall–Kier alpha value is -1.39. The molecule has 0 radical (unpaired) electrons. The molecular weight excluding hydrogens is 150 g/mol. The fraction of sp³-hybridized carbons (Fsp3) is 0.500. The summed E-state index contributed by atoms with van der Waals surface area (Å²) in [4.78, 5) is 31.0. The van der Waals surface area contributed by atoms with Crippen LogP contribution in [0.2, 0.25) is 0 Å². The Bertz CT molecular complexity index is 216. The molecule has 0 aromatic rings. The summed E-state index contributed by atoms with van der Waals surface area (Å²) in [6.07, 6.45) is -2.02. The van der Waals surface area contributed by atoms with Crippen LogP contribution >= 0.6 is 0 Å². The summed E-state index contributed by atoms with van der Waals surface area (Å²) >= 11 is 0. The fourth-order valence-electron chi connectivity index (χ4n) is 0.405. The molecule has 0 heterocycles. The molecule has 0 saturated heterocycles. The van der Waals surface area contributed by atoms with Crippen molar-refractivity contribution < 1.29 is 20.9 Å². The van der Waals surface area contributed by atoms with Crippen molar-refractivity contribution in [3.63, 3.8) is 0 Å². The smallest absolute Gasteiger partial charge is 0.303 e. The molecule has 0 spiro atoms. The van der Waals surface area contributed by atoms with Crippen LogP contribution in [0.15, 0.2) is 0 Å². The van der Waals surface area contributed by atoms with Crippen LogP contribution in [-0.2, 0) is 14.4 Å². The van der Waals surface area contributed by atoms with Crippen molar-refractivity contribution in [2.24, 2.45) is 0 Å². The average molecular weight is 160 g/mol. The first-order chi connectivity index (χ1) is 5.43. The van der Waals surface area contributed by atoms with E-state index in [1.54, 1.807) is 0 Å². The van der Waals surface area contributed by atoms with Gasteiger partial charge in [0.2, 0.25) is 11.8 Å².